The molecule has 4 rings (SSSR count). The lowest BCUT2D eigenvalue weighted by atomic mass is 10.1. The van der Waals surface area contributed by atoms with Crippen LogP contribution in [0.25, 0.3) is 11.1 Å². The minimum absolute atomic E-state index is 0.0733. The Bertz CT molecular complexity index is 1330. The van der Waals surface area contributed by atoms with Crippen molar-refractivity contribution in [1.29, 1.82) is 0 Å². The number of esters is 2. The zero-order valence-corrected chi connectivity index (χ0v) is 18.8. The molecule has 35 heavy (non-hydrogen) atoms. The van der Waals surface area contributed by atoms with Gasteiger partial charge in [0.15, 0.2) is 0 Å². The number of hydrogen-bond donors (Lipinski definition) is 2. The molecule has 7 heteroatoms. The van der Waals surface area contributed by atoms with E-state index < -0.39 is 11.9 Å². The molecule has 4 aromatic carbocycles. The van der Waals surface area contributed by atoms with Gasteiger partial charge >= 0.3 is 11.9 Å². The summed E-state index contributed by atoms with van der Waals surface area (Å²) in [7, 11) is 1.62. The van der Waals surface area contributed by atoms with E-state index in [1.165, 1.54) is 12.1 Å². The third-order valence-electron chi connectivity index (χ3n) is 5.25. The molecule has 0 unspecified atom stereocenters. The molecule has 4 aromatic rings. The van der Waals surface area contributed by atoms with E-state index in [0.717, 1.165) is 22.9 Å². The van der Waals surface area contributed by atoms with E-state index in [2.05, 4.69) is 0 Å². The van der Waals surface area contributed by atoms with Crippen LogP contribution in [0.5, 0.6) is 23.0 Å². The van der Waals surface area contributed by atoms with E-state index in [-0.39, 0.29) is 23.7 Å². The van der Waals surface area contributed by atoms with E-state index in [9.17, 15) is 19.8 Å². The molecule has 0 bridgehead atoms. The van der Waals surface area contributed by atoms with Crippen molar-refractivity contribution in [2.45, 2.75) is 6.61 Å². The summed E-state index contributed by atoms with van der Waals surface area (Å²) < 4.78 is 15.8. The Morgan fingerprint density at radius 2 is 1.31 bits per heavy atom. The van der Waals surface area contributed by atoms with Crippen molar-refractivity contribution in [2.75, 3.05) is 7.11 Å². The molecule has 0 fully saturated rings. The maximum atomic E-state index is 12.5. The number of phenols is 2. The van der Waals surface area contributed by atoms with Crippen LogP contribution < -0.4 is 9.47 Å². The normalized spacial score (nSPS) is 10.4. The number of carbonyl (C=O) groups excluding carboxylic acids is 2. The first-order valence-corrected chi connectivity index (χ1v) is 10.7. The highest BCUT2D eigenvalue weighted by atomic mass is 16.5. The van der Waals surface area contributed by atoms with Crippen LogP contribution in [0.15, 0.2) is 91.0 Å². The highest BCUT2D eigenvalue weighted by molar-refractivity contribution is 5.93. The Morgan fingerprint density at radius 3 is 1.91 bits per heavy atom. The number of benzene rings is 4. The lowest BCUT2D eigenvalue weighted by Crippen LogP contribution is -2.09. The highest BCUT2D eigenvalue weighted by Crippen LogP contribution is 2.25. The first-order valence-electron chi connectivity index (χ1n) is 10.7. The Morgan fingerprint density at radius 1 is 0.714 bits per heavy atom. The maximum absolute atomic E-state index is 12.5. The van der Waals surface area contributed by atoms with Gasteiger partial charge in [0.1, 0.15) is 35.2 Å². The van der Waals surface area contributed by atoms with Crippen molar-refractivity contribution in [3.8, 4) is 34.1 Å². The molecule has 0 spiro atoms. The summed E-state index contributed by atoms with van der Waals surface area (Å²) in [5.41, 5.74) is 2.83. The number of methoxy groups -OCH3 is 1. The molecule has 0 aliphatic rings. The smallest absolute Gasteiger partial charge is 0.343 e. The van der Waals surface area contributed by atoms with Crippen molar-refractivity contribution >= 4 is 11.9 Å². The summed E-state index contributed by atoms with van der Waals surface area (Å²) in [5, 5.41) is 19.2. The van der Waals surface area contributed by atoms with Crippen molar-refractivity contribution in [1.82, 2.24) is 0 Å². The number of aromatic hydroxyl groups is 2. The number of rotatable bonds is 7. The third-order valence-corrected chi connectivity index (χ3v) is 5.25. The van der Waals surface area contributed by atoms with E-state index in [1.54, 1.807) is 43.5 Å². The van der Waals surface area contributed by atoms with Gasteiger partial charge in [0.25, 0.3) is 0 Å². The number of phenolic OH excluding ortho intramolecular Hbond substituents is 2. The molecule has 7 nitrogen and oxygen atoms in total. The summed E-state index contributed by atoms with van der Waals surface area (Å²) in [4.78, 5) is 24.6. The van der Waals surface area contributed by atoms with Crippen molar-refractivity contribution in [3.05, 3.63) is 108 Å². The van der Waals surface area contributed by atoms with Crippen LogP contribution in [0.3, 0.4) is 0 Å². The summed E-state index contributed by atoms with van der Waals surface area (Å²) >= 11 is 0. The lowest BCUT2D eigenvalue weighted by Gasteiger charge is -2.09. The summed E-state index contributed by atoms with van der Waals surface area (Å²) in [5.74, 6) is -0.554. The quantitative estimate of drug-likeness (QED) is 0.213. The Balaban J connectivity index is 1.33. The molecule has 176 valence electrons. The second-order valence-corrected chi connectivity index (χ2v) is 7.62. The number of carbonyl (C=O) groups is 2. The van der Waals surface area contributed by atoms with Gasteiger partial charge in [-0.25, -0.2) is 9.59 Å². The largest absolute Gasteiger partial charge is 0.508 e. The zero-order valence-electron chi connectivity index (χ0n) is 18.8. The van der Waals surface area contributed by atoms with Crippen LogP contribution >= 0.6 is 0 Å². The monoisotopic (exact) mass is 470 g/mol. The lowest BCUT2D eigenvalue weighted by molar-refractivity contribution is 0.0468. The van der Waals surface area contributed by atoms with Crippen molar-refractivity contribution in [3.63, 3.8) is 0 Å². The maximum Gasteiger partial charge on any atom is 0.343 e. The third kappa shape index (κ3) is 5.78. The molecule has 0 saturated carbocycles. The van der Waals surface area contributed by atoms with E-state index in [1.807, 2.05) is 36.4 Å². The summed E-state index contributed by atoms with van der Waals surface area (Å²) in [6.45, 7) is -0.0733. The van der Waals surface area contributed by atoms with E-state index >= 15 is 0 Å². The van der Waals surface area contributed by atoms with Gasteiger partial charge in [0.05, 0.1) is 12.7 Å². The molecular weight excluding hydrogens is 448 g/mol. The summed E-state index contributed by atoms with van der Waals surface area (Å²) in [6.07, 6.45) is 0. The minimum Gasteiger partial charge on any atom is -0.508 e. The first kappa shape index (κ1) is 23.4. The SMILES string of the molecule is COc1ccc(-c2ccc(OC(=O)c3ccc(COC(=O)c4cc(O)ccc4O)cc3)cc2)cc1. The fourth-order valence-electron chi connectivity index (χ4n) is 3.32. The zero-order chi connectivity index (χ0) is 24.8. The van der Waals surface area contributed by atoms with Crippen LogP contribution in [-0.4, -0.2) is 29.3 Å². The first-order chi connectivity index (χ1) is 16.9. The fraction of sp³-hybridized carbons (Fsp3) is 0.0714. The average molecular weight is 470 g/mol. The Labute approximate surface area is 201 Å². The van der Waals surface area contributed by atoms with Crippen molar-refractivity contribution < 1.29 is 34.0 Å². The molecule has 2 N–H and O–H groups in total. The Kier molecular flexibility index (Phi) is 6.97. The van der Waals surface area contributed by atoms with Crippen LogP contribution in [0, 0.1) is 0 Å². The van der Waals surface area contributed by atoms with Gasteiger partial charge in [-0.3, -0.25) is 0 Å². The van der Waals surface area contributed by atoms with E-state index in [4.69, 9.17) is 14.2 Å². The van der Waals surface area contributed by atoms with Gasteiger partial charge in [-0.1, -0.05) is 36.4 Å². The molecule has 0 saturated heterocycles. The standard InChI is InChI=1S/C28H22O7/c1-33-23-11-6-19(7-12-23)20-8-13-24(14-9-20)35-27(31)21-4-2-18(3-5-21)17-34-28(32)25-16-22(29)10-15-26(25)30/h2-16,29-30H,17H2,1H3. The number of ether oxygens (including phenoxy) is 3. The van der Waals surface area contributed by atoms with Crippen LogP contribution in [0.4, 0.5) is 0 Å². The van der Waals surface area contributed by atoms with Crippen LogP contribution in [0.1, 0.15) is 26.3 Å². The fourth-order valence-corrected chi connectivity index (χ4v) is 3.32. The van der Waals surface area contributed by atoms with Gasteiger partial charge in [-0.05, 0) is 71.3 Å². The molecule has 0 aliphatic carbocycles. The molecule has 0 amide bonds. The predicted octanol–water partition coefficient (Wildman–Crippen LogP) is 5.35. The Hall–Kier alpha value is -4.78. The van der Waals surface area contributed by atoms with Crippen molar-refractivity contribution in [2.24, 2.45) is 0 Å². The molecular formula is C28H22O7. The van der Waals surface area contributed by atoms with Gasteiger partial charge in [0, 0.05) is 0 Å². The van der Waals surface area contributed by atoms with E-state index in [0.29, 0.717) is 16.9 Å². The molecule has 0 radical (unpaired) electrons. The second kappa shape index (κ2) is 10.4. The molecule has 0 atom stereocenters. The minimum atomic E-state index is -0.778. The second-order valence-electron chi connectivity index (χ2n) is 7.62. The molecule has 0 heterocycles. The van der Waals surface area contributed by atoms with Gasteiger partial charge in [-0.15, -0.1) is 0 Å². The average Bonchev–Trinajstić information content (AvgIpc) is 2.89. The molecule has 0 aromatic heterocycles. The highest BCUT2D eigenvalue weighted by Gasteiger charge is 2.14. The van der Waals surface area contributed by atoms with Gasteiger partial charge in [-0.2, -0.15) is 0 Å². The van der Waals surface area contributed by atoms with Gasteiger partial charge in [0.2, 0.25) is 0 Å². The van der Waals surface area contributed by atoms with Crippen LogP contribution in [-0.2, 0) is 11.3 Å². The number of hydrogen-bond acceptors (Lipinski definition) is 7. The predicted molar refractivity (Wildman–Crippen MR) is 129 cm³/mol. The summed E-state index contributed by atoms with van der Waals surface area (Å²) in [6, 6.07) is 24.9. The van der Waals surface area contributed by atoms with Crippen LogP contribution in [0.2, 0.25) is 0 Å². The topological polar surface area (TPSA) is 102 Å². The van der Waals surface area contributed by atoms with Gasteiger partial charge < -0.3 is 24.4 Å². The molecule has 0 aliphatic heterocycles.